The average Bonchev–Trinajstić information content (AvgIpc) is 2.72. The number of thiophene rings is 1. The molecule has 1 aromatic carbocycles. The van der Waals surface area contributed by atoms with Gasteiger partial charge in [0.2, 0.25) is 0 Å². The van der Waals surface area contributed by atoms with Gasteiger partial charge in [-0.1, -0.05) is 0 Å². The molecule has 0 fully saturated rings. The van der Waals surface area contributed by atoms with Crippen LogP contribution in [0.3, 0.4) is 0 Å². The predicted octanol–water partition coefficient (Wildman–Crippen LogP) is 3.84. The molecule has 0 aliphatic heterocycles. The maximum atomic E-state index is 13.0. The molecule has 0 bridgehead atoms. The minimum absolute atomic E-state index is 0.00353. The van der Waals surface area contributed by atoms with E-state index in [0.717, 1.165) is 34.2 Å². The van der Waals surface area contributed by atoms with Crippen molar-refractivity contribution in [2.75, 3.05) is 0 Å². The van der Waals surface area contributed by atoms with E-state index in [9.17, 15) is 4.39 Å². The Kier molecular flexibility index (Phi) is 3.78. The molecule has 3 heteroatoms. The van der Waals surface area contributed by atoms with E-state index in [4.69, 9.17) is 12.2 Å². The van der Waals surface area contributed by atoms with E-state index < -0.39 is 0 Å². The molecule has 88 valence electrons. The summed E-state index contributed by atoms with van der Waals surface area (Å²) in [7, 11) is 0. The van der Waals surface area contributed by atoms with E-state index in [0.29, 0.717) is 0 Å². The van der Waals surface area contributed by atoms with Gasteiger partial charge in [-0.2, -0.15) is 0 Å². The lowest BCUT2D eigenvalue weighted by molar-refractivity contribution is 0.628. The van der Waals surface area contributed by atoms with Gasteiger partial charge in [-0.15, -0.1) is 23.7 Å². The van der Waals surface area contributed by atoms with Crippen LogP contribution in [-0.4, -0.2) is 0 Å². The molecule has 2 rings (SSSR count). The van der Waals surface area contributed by atoms with Gasteiger partial charge in [0.25, 0.3) is 0 Å². The third kappa shape index (κ3) is 2.85. The molecular formula is C14H14FNS. The third-order valence-corrected chi connectivity index (χ3v) is 3.95. The molecule has 0 aliphatic rings. The zero-order valence-corrected chi connectivity index (χ0v) is 10.3. The largest absolute Gasteiger partial charge is 0.323 e. The summed E-state index contributed by atoms with van der Waals surface area (Å²) in [5.41, 5.74) is 6.09. The first-order chi connectivity index (χ1) is 8.20. The smallest absolute Gasteiger partial charge is 0.123 e. The first-order valence-electron chi connectivity index (χ1n) is 5.59. The fraction of sp³-hybridized carbons (Fsp3) is 0.286. The highest BCUT2D eigenvalue weighted by Gasteiger charge is 2.10. The topological polar surface area (TPSA) is 26.0 Å². The van der Waals surface area contributed by atoms with Gasteiger partial charge in [0.05, 0.1) is 0 Å². The summed E-state index contributed by atoms with van der Waals surface area (Å²) in [5.74, 6) is 2.40. The van der Waals surface area contributed by atoms with Gasteiger partial charge in [0.1, 0.15) is 5.82 Å². The van der Waals surface area contributed by atoms with Crippen LogP contribution in [0.15, 0.2) is 24.3 Å². The van der Waals surface area contributed by atoms with Crippen molar-refractivity contribution < 1.29 is 4.39 Å². The number of benzene rings is 1. The Hall–Kier alpha value is -1.37. The quantitative estimate of drug-likeness (QED) is 0.644. The molecule has 0 saturated heterocycles. The molecule has 0 aliphatic carbocycles. The summed E-state index contributed by atoms with van der Waals surface area (Å²) in [6.07, 6.45) is 7.76. The summed E-state index contributed by atoms with van der Waals surface area (Å²) in [5, 5.41) is 0.928. The second-order valence-corrected chi connectivity index (χ2v) is 5.15. The van der Waals surface area contributed by atoms with Crippen LogP contribution in [0.5, 0.6) is 0 Å². The van der Waals surface area contributed by atoms with E-state index >= 15 is 0 Å². The van der Waals surface area contributed by atoms with Crippen molar-refractivity contribution in [3.63, 3.8) is 0 Å². The fourth-order valence-electron chi connectivity index (χ4n) is 1.78. The third-order valence-electron chi connectivity index (χ3n) is 2.70. The molecule has 1 aromatic heterocycles. The van der Waals surface area contributed by atoms with Gasteiger partial charge < -0.3 is 5.73 Å². The minimum atomic E-state index is -0.206. The van der Waals surface area contributed by atoms with Crippen LogP contribution < -0.4 is 5.73 Å². The van der Waals surface area contributed by atoms with Crippen molar-refractivity contribution in [2.45, 2.75) is 25.3 Å². The lowest BCUT2D eigenvalue weighted by Gasteiger charge is -2.07. The first kappa shape index (κ1) is 12.1. The van der Waals surface area contributed by atoms with E-state index in [-0.39, 0.29) is 11.9 Å². The van der Waals surface area contributed by atoms with Crippen molar-refractivity contribution >= 4 is 21.4 Å². The molecule has 17 heavy (non-hydrogen) atoms. The maximum absolute atomic E-state index is 13.0. The molecule has 0 amide bonds. The number of hydrogen-bond acceptors (Lipinski definition) is 2. The van der Waals surface area contributed by atoms with E-state index in [1.165, 1.54) is 6.07 Å². The summed E-state index contributed by atoms with van der Waals surface area (Å²) in [6, 6.07) is 6.80. The van der Waals surface area contributed by atoms with E-state index in [2.05, 4.69) is 5.92 Å². The van der Waals surface area contributed by atoms with E-state index in [1.807, 2.05) is 6.07 Å². The van der Waals surface area contributed by atoms with Gasteiger partial charge in [0, 0.05) is 22.0 Å². The fourth-order valence-corrected chi connectivity index (χ4v) is 2.86. The molecule has 1 heterocycles. The lowest BCUT2D eigenvalue weighted by atomic mass is 10.1. The summed E-state index contributed by atoms with van der Waals surface area (Å²) < 4.78 is 14.1. The van der Waals surface area contributed by atoms with Crippen molar-refractivity contribution in [2.24, 2.45) is 5.73 Å². The molecule has 2 aromatic rings. The molecule has 0 spiro atoms. The van der Waals surface area contributed by atoms with Crippen molar-refractivity contribution in [3.05, 3.63) is 35.0 Å². The number of rotatable bonds is 4. The van der Waals surface area contributed by atoms with Crippen LogP contribution in [0.2, 0.25) is 0 Å². The second kappa shape index (κ2) is 5.31. The average molecular weight is 247 g/mol. The monoisotopic (exact) mass is 247 g/mol. The van der Waals surface area contributed by atoms with Crippen molar-refractivity contribution in [3.8, 4) is 12.3 Å². The first-order valence-corrected chi connectivity index (χ1v) is 6.40. The number of halogens is 1. The van der Waals surface area contributed by atoms with Crippen molar-refractivity contribution in [1.82, 2.24) is 0 Å². The SMILES string of the molecule is C#CCCCC(N)c1cc2cc(F)ccc2s1. The number of nitrogens with two attached hydrogens (primary N) is 1. The van der Waals surface area contributed by atoms with Gasteiger partial charge in [-0.25, -0.2) is 4.39 Å². The summed E-state index contributed by atoms with van der Waals surface area (Å²) in [4.78, 5) is 1.10. The normalized spacial score (nSPS) is 12.5. The number of fused-ring (bicyclic) bond motifs is 1. The highest BCUT2D eigenvalue weighted by molar-refractivity contribution is 7.19. The van der Waals surface area contributed by atoms with Crippen LogP contribution >= 0.6 is 11.3 Å². The van der Waals surface area contributed by atoms with Crippen LogP contribution in [0.4, 0.5) is 4.39 Å². The zero-order valence-electron chi connectivity index (χ0n) is 9.45. The Balaban J connectivity index is 2.16. The molecular weight excluding hydrogens is 233 g/mol. The van der Waals surface area contributed by atoms with Crippen LogP contribution in [0, 0.1) is 18.2 Å². The lowest BCUT2D eigenvalue weighted by Crippen LogP contribution is -2.07. The Morgan fingerprint density at radius 1 is 1.41 bits per heavy atom. The highest BCUT2D eigenvalue weighted by Crippen LogP contribution is 2.31. The van der Waals surface area contributed by atoms with Gasteiger partial charge >= 0.3 is 0 Å². The maximum Gasteiger partial charge on any atom is 0.123 e. The zero-order chi connectivity index (χ0) is 12.3. The predicted molar refractivity (Wildman–Crippen MR) is 71.4 cm³/mol. The van der Waals surface area contributed by atoms with Gasteiger partial charge in [0.15, 0.2) is 0 Å². The molecule has 1 atom stereocenters. The van der Waals surface area contributed by atoms with Gasteiger partial charge in [-0.3, -0.25) is 0 Å². The van der Waals surface area contributed by atoms with Crippen molar-refractivity contribution in [1.29, 1.82) is 0 Å². The minimum Gasteiger partial charge on any atom is -0.323 e. The standard InChI is InChI=1S/C14H14FNS/c1-2-3-4-5-12(16)14-9-10-8-11(15)6-7-13(10)17-14/h1,6-9,12H,3-5,16H2. The van der Waals surface area contributed by atoms with E-state index in [1.54, 1.807) is 23.5 Å². The van der Waals surface area contributed by atoms with Crippen LogP contribution in [0.1, 0.15) is 30.2 Å². The Morgan fingerprint density at radius 2 is 2.24 bits per heavy atom. The number of unbranched alkanes of at least 4 members (excludes halogenated alkanes) is 1. The molecule has 0 radical (unpaired) electrons. The molecule has 2 N–H and O–H groups in total. The highest BCUT2D eigenvalue weighted by atomic mass is 32.1. The summed E-state index contributed by atoms with van der Waals surface area (Å²) in [6.45, 7) is 0. The Morgan fingerprint density at radius 3 is 3.00 bits per heavy atom. The molecule has 1 nitrogen and oxygen atoms in total. The summed E-state index contributed by atoms with van der Waals surface area (Å²) >= 11 is 1.63. The molecule has 1 unspecified atom stereocenters. The number of terminal acetylenes is 1. The Bertz CT molecular complexity index is 553. The second-order valence-electron chi connectivity index (χ2n) is 4.03. The van der Waals surface area contributed by atoms with Crippen LogP contribution in [0.25, 0.3) is 10.1 Å². The van der Waals surface area contributed by atoms with Gasteiger partial charge in [-0.05, 0) is 42.5 Å². The van der Waals surface area contributed by atoms with Crippen LogP contribution in [-0.2, 0) is 0 Å². The molecule has 0 saturated carbocycles. The Labute approximate surface area is 104 Å². The number of hydrogen-bond donors (Lipinski definition) is 1.